The third-order valence-electron chi connectivity index (χ3n) is 5.52. The van der Waals surface area contributed by atoms with E-state index in [0.29, 0.717) is 18.4 Å². The number of benzene rings is 1. The summed E-state index contributed by atoms with van der Waals surface area (Å²) in [6.07, 6.45) is 7.02. The van der Waals surface area contributed by atoms with Crippen LogP contribution in [-0.2, 0) is 11.3 Å². The molecule has 5 heteroatoms. The summed E-state index contributed by atoms with van der Waals surface area (Å²) in [7, 11) is 1.64. The Labute approximate surface area is 150 Å². The van der Waals surface area contributed by atoms with Crippen LogP contribution >= 0.6 is 0 Å². The molecule has 0 radical (unpaired) electrons. The molecule has 0 unspecified atom stereocenters. The number of nitrogens with zero attached hydrogens (tertiary/aromatic N) is 1. The summed E-state index contributed by atoms with van der Waals surface area (Å²) < 4.78 is 0. The van der Waals surface area contributed by atoms with Crippen molar-refractivity contribution in [3.8, 4) is 0 Å². The number of rotatable bonds is 5. The quantitative estimate of drug-likeness (QED) is 0.863. The van der Waals surface area contributed by atoms with Crippen molar-refractivity contribution in [2.75, 3.05) is 20.1 Å². The summed E-state index contributed by atoms with van der Waals surface area (Å²) in [4.78, 5) is 27.7. The molecule has 1 heterocycles. The zero-order chi connectivity index (χ0) is 17.7. The van der Waals surface area contributed by atoms with Crippen LogP contribution in [-0.4, -0.2) is 42.4 Å². The zero-order valence-corrected chi connectivity index (χ0v) is 15.1. The van der Waals surface area contributed by atoms with E-state index in [-0.39, 0.29) is 11.8 Å². The van der Waals surface area contributed by atoms with Crippen molar-refractivity contribution in [2.24, 2.45) is 0 Å². The number of likely N-dealkylation sites (tertiary alicyclic amines) is 1. The normalized spacial score (nSPS) is 20.2. The van der Waals surface area contributed by atoms with Crippen LogP contribution < -0.4 is 10.6 Å². The molecule has 2 amide bonds. The number of nitrogens with one attached hydrogen (secondary N) is 2. The summed E-state index contributed by atoms with van der Waals surface area (Å²) in [6.45, 7) is 3.16. The van der Waals surface area contributed by atoms with Crippen molar-refractivity contribution in [3.05, 3.63) is 35.4 Å². The fraction of sp³-hybridized carbons (Fsp3) is 0.600. The fourth-order valence-electron chi connectivity index (χ4n) is 4.10. The first kappa shape index (κ1) is 17.9. The van der Waals surface area contributed by atoms with Gasteiger partial charge >= 0.3 is 0 Å². The number of hydrogen-bond donors (Lipinski definition) is 2. The smallest absolute Gasteiger partial charge is 0.252 e. The van der Waals surface area contributed by atoms with E-state index in [0.717, 1.165) is 44.5 Å². The van der Waals surface area contributed by atoms with Crippen molar-refractivity contribution in [1.29, 1.82) is 0 Å². The van der Waals surface area contributed by atoms with E-state index >= 15 is 0 Å². The number of hydrogen-bond acceptors (Lipinski definition) is 3. The molecule has 0 atom stereocenters. The van der Waals surface area contributed by atoms with Gasteiger partial charge in [0.1, 0.15) is 5.54 Å². The third kappa shape index (κ3) is 4.21. The van der Waals surface area contributed by atoms with Gasteiger partial charge in [-0.1, -0.05) is 31.4 Å². The number of carbonyl (C=O) groups is 2. The van der Waals surface area contributed by atoms with Crippen LogP contribution in [0, 0.1) is 0 Å². The van der Waals surface area contributed by atoms with Gasteiger partial charge in [-0.05, 0) is 56.5 Å². The molecular formula is C20H29N3O2. The Bertz CT molecular complexity index is 617. The standard InChI is InChI=1S/C20H29N3O2/c1-21-19(25)20(10-3-2-4-11-20)22-18(24)17-9-7-8-16(14-17)15-23-12-5-6-13-23/h7-9,14H,2-6,10-13,15H2,1H3,(H,21,25)(H,22,24). The summed E-state index contributed by atoms with van der Waals surface area (Å²) in [5, 5.41) is 5.79. The molecule has 1 aromatic rings. The second-order valence-corrected chi connectivity index (χ2v) is 7.36. The maximum atomic E-state index is 12.8. The number of likely N-dealkylation sites (N-methyl/N-ethyl adjacent to an activating group) is 1. The van der Waals surface area contributed by atoms with Gasteiger partial charge in [0, 0.05) is 19.2 Å². The van der Waals surface area contributed by atoms with Crippen LogP contribution in [0.25, 0.3) is 0 Å². The van der Waals surface area contributed by atoms with E-state index in [9.17, 15) is 9.59 Å². The van der Waals surface area contributed by atoms with Crippen LogP contribution in [0.1, 0.15) is 60.9 Å². The molecule has 1 aliphatic carbocycles. The summed E-state index contributed by atoms with van der Waals surface area (Å²) in [5.74, 6) is -0.220. The molecule has 0 spiro atoms. The van der Waals surface area contributed by atoms with E-state index in [2.05, 4.69) is 21.6 Å². The molecule has 2 N–H and O–H groups in total. The molecule has 1 saturated carbocycles. The highest BCUT2D eigenvalue weighted by Crippen LogP contribution is 2.29. The van der Waals surface area contributed by atoms with E-state index in [1.807, 2.05) is 18.2 Å². The van der Waals surface area contributed by atoms with Gasteiger partial charge in [0.25, 0.3) is 5.91 Å². The fourth-order valence-corrected chi connectivity index (χ4v) is 4.10. The highest BCUT2D eigenvalue weighted by atomic mass is 16.2. The summed E-state index contributed by atoms with van der Waals surface area (Å²) in [5.41, 5.74) is 1.05. The lowest BCUT2D eigenvalue weighted by Gasteiger charge is -2.36. The van der Waals surface area contributed by atoms with E-state index in [1.165, 1.54) is 12.8 Å². The lowest BCUT2D eigenvalue weighted by molar-refractivity contribution is -0.128. The molecule has 136 valence electrons. The largest absolute Gasteiger partial charge is 0.357 e. The van der Waals surface area contributed by atoms with Crippen molar-refractivity contribution < 1.29 is 9.59 Å². The predicted octanol–water partition coefficient (Wildman–Crippen LogP) is 2.46. The lowest BCUT2D eigenvalue weighted by Crippen LogP contribution is -2.59. The average Bonchev–Trinajstić information content (AvgIpc) is 3.15. The monoisotopic (exact) mass is 343 g/mol. The first-order chi connectivity index (χ1) is 12.1. The highest BCUT2D eigenvalue weighted by Gasteiger charge is 2.40. The Balaban J connectivity index is 1.72. The molecule has 2 aliphatic rings. The molecule has 1 saturated heterocycles. The molecule has 3 rings (SSSR count). The molecule has 1 aromatic carbocycles. The van der Waals surface area contributed by atoms with Gasteiger partial charge in [-0.15, -0.1) is 0 Å². The number of amides is 2. The summed E-state index contributed by atoms with van der Waals surface area (Å²) in [6, 6.07) is 7.81. The SMILES string of the molecule is CNC(=O)C1(NC(=O)c2cccc(CN3CCCC3)c2)CCCCC1. The second-order valence-electron chi connectivity index (χ2n) is 7.36. The Hall–Kier alpha value is -1.88. The molecular weight excluding hydrogens is 314 g/mol. The topological polar surface area (TPSA) is 61.4 Å². The van der Waals surface area contributed by atoms with Crippen LogP contribution in [0.5, 0.6) is 0 Å². The maximum Gasteiger partial charge on any atom is 0.252 e. The number of carbonyl (C=O) groups excluding carboxylic acids is 2. The molecule has 1 aliphatic heterocycles. The summed E-state index contributed by atoms with van der Waals surface area (Å²) >= 11 is 0. The third-order valence-corrected chi connectivity index (χ3v) is 5.52. The predicted molar refractivity (Wildman–Crippen MR) is 98.3 cm³/mol. The van der Waals surface area contributed by atoms with E-state index in [1.54, 1.807) is 7.05 Å². The Morgan fingerprint density at radius 3 is 2.48 bits per heavy atom. The minimum atomic E-state index is -0.755. The van der Waals surface area contributed by atoms with Gasteiger partial charge < -0.3 is 10.6 Å². The van der Waals surface area contributed by atoms with Gasteiger partial charge in [0.2, 0.25) is 5.91 Å². The zero-order valence-electron chi connectivity index (χ0n) is 15.1. The Kier molecular flexibility index (Phi) is 5.74. The molecule has 0 aromatic heterocycles. The van der Waals surface area contributed by atoms with Crippen molar-refractivity contribution in [3.63, 3.8) is 0 Å². The van der Waals surface area contributed by atoms with E-state index in [4.69, 9.17) is 0 Å². The van der Waals surface area contributed by atoms with Crippen LogP contribution in [0.3, 0.4) is 0 Å². The molecule has 0 bridgehead atoms. The molecule has 5 nitrogen and oxygen atoms in total. The van der Waals surface area contributed by atoms with Crippen molar-refractivity contribution in [1.82, 2.24) is 15.5 Å². The second kappa shape index (κ2) is 8.00. The maximum absolute atomic E-state index is 12.8. The van der Waals surface area contributed by atoms with Gasteiger partial charge in [-0.3, -0.25) is 14.5 Å². The first-order valence-corrected chi connectivity index (χ1v) is 9.49. The van der Waals surface area contributed by atoms with Gasteiger partial charge in [0.15, 0.2) is 0 Å². The molecule has 2 fully saturated rings. The van der Waals surface area contributed by atoms with Crippen LogP contribution in [0.2, 0.25) is 0 Å². The van der Waals surface area contributed by atoms with Crippen LogP contribution in [0.15, 0.2) is 24.3 Å². The highest BCUT2D eigenvalue weighted by molar-refractivity contribution is 5.99. The van der Waals surface area contributed by atoms with E-state index < -0.39 is 5.54 Å². The molecule has 25 heavy (non-hydrogen) atoms. The average molecular weight is 343 g/mol. The van der Waals surface area contributed by atoms with Gasteiger partial charge in [-0.25, -0.2) is 0 Å². The van der Waals surface area contributed by atoms with Crippen molar-refractivity contribution in [2.45, 2.75) is 57.0 Å². The van der Waals surface area contributed by atoms with Gasteiger partial charge in [-0.2, -0.15) is 0 Å². The minimum Gasteiger partial charge on any atom is -0.357 e. The first-order valence-electron chi connectivity index (χ1n) is 9.49. The minimum absolute atomic E-state index is 0.0752. The lowest BCUT2D eigenvalue weighted by atomic mass is 9.80. The van der Waals surface area contributed by atoms with Gasteiger partial charge in [0.05, 0.1) is 0 Å². The Morgan fingerprint density at radius 2 is 1.80 bits per heavy atom. The van der Waals surface area contributed by atoms with Crippen molar-refractivity contribution >= 4 is 11.8 Å². The van der Waals surface area contributed by atoms with Crippen LogP contribution in [0.4, 0.5) is 0 Å². The Morgan fingerprint density at radius 1 is 1.08 bits per heavy atom.